The summed E-state index contributed by atoms with van der Waals surface area (Å²) in [6, 6.07) is 13.1. The third-order valence-electron chi connectivity index (χ3n) is 5.14. The zero-order valence-corrected chi connectivity index (χ0v) is 17.6. The Hall–Kier alpha value is -3.39. The van der Waals surface area contributed by atoms with Gasteiger partial charge in [0.05, 0.1) is 29.6 Å². The summed E-state index contributed by atoms with van der Waals surface area (Å²) in [5.41, 5.74) is 1.27. The summed E-state index contributed by atoms with van der Waals surface area (Å²) in [6.07, 6.45) is 1.67. The molecule has 2 heterocycles. The summed E-state index contributed by atoms with van der Waals surface area (Å²) >= 11 is 6.01. The largest absolute Gasteiger partial charge is 0.493 e. The van der Waals surface area contributed by atoms with E-state index in [1.54, 1.807) is 20.7 Å². The first kappa shape index (κ1) is 20.9. The van der Waals surface area contributed by atoms with Crippen molar-refractivity contribution in [1.82, 2.24) is 19.6 Å². The maximum atomic E-state index is 13.3. The number of benzene rings is 2. The van der Waals surface area contributed by atoms with Crippen LogP contribution in [0.4, 0.5) is 4.39 Å². The zero-order valence-electron chi connectivity index (χ0n) is 16.8. The molecular weight excluding hydrogens is 423 g/mol. The molecule has 2 aromatic carbocycles. The second-order valence-corrected chi connectivity index (χ2v) is 7.44. The lowest BCUT2D eigenvalue weighted by molar-refractivity contribution is 0.0530. The van der Waals surface area contributed by atoms with Crippen LogP contribution in [0, 0.1) is 5.82 Å². The van der Waals surface area contributed by atoms with Gasteiger partial charge in [0.1, 0.15) is 5.82 Å². The van der Waals surface area contributed by atoms with Gasteiger partial charge in [-0.15, -0.1) is 0 Å². The third kappa shape index (κ3) is 4.25. The molecule has 0 N–H and O–H groups in total. The monoisotopic (exact) mass is 442 g/mol. The molecule has 0 radical (unpaired) electrons. The van der Waals surface area contributed by atoms with Crippen molar-refractivity contribution in [2.24, 2.45) is 0 Å². The van der Waals surface area contributed by atoms with Crippen LogP contribution in [-0.4, -0.2) is 64.7 Å². The van der Waals surface area contributed by atoms with Crippen molar-refractivity contribution in [2.45, 2.75) is 0 Å². The van der Waals surface area contributed by atoms with Gasteiger partial charge in [0.2, 0.25) is 0 Å². The van der Waals surface area contributed by atoms with Crippen LogP contribution in [0.2, 0.25) is 5.02 Å². The number of aromatic nitrogens is 2. The number of para-hydroxylation sites is 1. The molecule has 1 aliphatic rings. The van der Waals surface area contributed by atoms with Crippen molar-refractivity contribution in [3.05, 3.63) is 76.8 Å². The molecule has 0 spiro atoms. The minimum atomic E-state index is -0.499. The zero-order chi connectivity index (χ0) is 22.0. The van der Waals surface area contributed by atoms with E-state index in [9.17, 15) is 14.0 Å². The van der Waals surface area contributed by atoms with Gasteiger partial charge in [-0.25, -0.2) is 9.07 Å². The van der Waals surface area contributed by atoms with Gasteiger partial charge in [0.25, 0.3) is 11.8 Å². The molecule has 0 atom stereocenters. The predicted molar refractivity (Wildman–Crippen MR) is 113 cm³/mol. The lowest BCUT2D eigenvalue weighted by Gasteiger charge is -2.34. The molecule has 2 amide bonds. The second-order valence-electron chi connectivity index (χ2n) is 7.03. The lowest BCUT2D eigenvalue weighted by Crippen LogP contribution is -2.50. The standard InChI is InChI=1S/C22H20ClFN4O3/c1-31-19-14-28(16-5-3-2-4-6-16)25-20(19)22(30)27-11-9-26(10-12-27)21(29)17-8-7-15(24)13-18(17)23/h2-8,13-14H,9-12H2,1H3. The molecule has 4 rings (SSSR count). The van der Waals surface area contributed by atoms with E-state index in [1.165, 1.54) is 19.2 Å². The molecule has 1 fully saturated rings. The molecule has 9 heteroatoms. The number of carbonyl (C=O) groups is 2. The molecule has 0 unspecified atom stereocenters. The van der Waals surface area contributed by atoms with E-state index < -0.39 is 5.82 Å². The fraction of sp³-hybridized carbons (Fsp3) is 0.227. The first-order chi connectivity index (χ1) is 15.0. The van der Waals surface area contributed by atoms with Gasteiger partial charge in [-0.3, -0.25) is 9.59 Å². The molecular formula is C22H20ClFN4O3. The Labute approximate surface area is 183 Å². The number of amides is 2. The minimum absolute atomic E-state index is 0.0692. The van der Waals surface area contributed by atoms with Crippen LogP contribution in [0.25, 0.3) is 5.69 Å². The van der Waals surface area contributed by atoms with Gasteiger partial charge in [-0.2, -0.15) is 5.10 Å². The Morgan fingerprint density at radius 1 is 1.00 bits per heavy atom. The molecule has 0 aliphatic carbocycles. The number of rotatable bonds is 4. The molecule has 0 bridgehead atoms. The van der Waals surface area contributed by atoms with Crippen LogP contribution < -0.4 is 4.74 Å². The highest BCUT2D eigenvalue weighted by atomic mass is 35.5. The highest BCUT2D eigenvalue weighted by Gasteiger charge is 2.29. The number of hydrogen-bond donors (Lipinski definition) is 0. The van der Waals surface area contributed by atoms with E-state index in [0.717, 1.165) is 11.8 Å². The molecule has 31 heavy (non-hydrogen) atoms. The van der Waals surface area contributed by atoms with Crippen LogP contribution in [0.5, 0.6) is 5.75 Å². The summed E-state index contributed by atoms with van der Waals surface area (Å²) in [7, 11) is 1.49. The maximum Gasteiger partial charge on any atom is 0.278 e. The smallest absolute Gasteiger partial charge is 0.278 e. The number of nitrogens with zero attached hydrogens (tertiary/aromatic N) is 4. The fourth-order valence-corrected chi connectivity index (χ4v) is 3.71. The predicted octanol–water partition coefficient (Wildman–Crippen LogP) is 3.27. The Kier molecular flexibility index (Phi) is 5.90. The second kappa shape index (κ2) is 8.77. The van der Waals surface area contributed by atoms with Crippen molar-refractivity contribution in [3.8, 4) is 11.4 Å². The number of ether oxygens (including phenoxy) is 1. The van der Waals surface area contributed by atoms with Gasteiger partial charge >= 0.3 is 0 Å². The maximum absolute atomic E-state index is 13.3. The SMILES string of the molecule is COc1cn(-c2ccccc2)nc1C(=O)N1CCN(C(=O)c2ccc(F)cc2Cl)CC1. The van der Waals surface area contributed by atoms with Gasteiger partial charge < -0.3 is 14.5 Å². The van der Waals surface area contributed by atoms with E-state index >= 15 is 0 Å². The number of carbonyl (C=O) groups excluding carboxylic acids is 2. The van der Waals surface area contributed by atoms with E-state index in [2.05, 4.69) is 5.10 Å². The van der Waals surface area contributed by atoms with Crippen molar-refractivity contribution in [1.29, 1.82) is 0 Å². The van der Waals surface area contributed by atoms with E-state index in [4.69, 9.17) is 16.3 Å². The fourth-order valence-electron chi connectivity index (χ4n) is 3.46. The summed E-state index contributed by atoms with van der Waals surface area (Å²) in [5.74, 6) is -0.673. The Morgan fingerprint density at radius 2 is 1.65 bits per heavy atom. The number of methoxy groups -OCH3 is 1. The van der Waals surface area contributed by atoms with Gasteiger partial charge in [0, 0.05) is 26.2 Å². The Morgan fingerprint density at radius 3 is 2.26 bits per heavy atom. The van der Waals surface area contributed by atoms with Crippen LogP contribution >= 0.6 is 11.6 Å². The Balaban J connectivity index is 1.46. The van der Waals surface area contributed by atoms with Gasteiger partial charge in [0.15, 0.2) is 11.4 Å². The molecule has 160 valence electrons. The highest BCUT2D eigenvalue weighted by Crippen LogP contribution is 2.23. The van der Waals surface area contributed by atoms with Crippen molar-refractivity contribution >= 4 is 23.4 Å². The highest BCUT2D eigenvalue weighted by molar-refractivity contribution is 6.33. The molecule has 3 aromatic rings. The number of hydrogen-bond acceptors (Lipinski definition) is 4. The molecule has 0 saturated carbocycles. The van der Waals surface area contributed by atoms with Crippen LogP contribution in [0.1, 0.15) is 20.8 Å². The average molecular weight is 443 g/mol. The first-order valence-electron chi connectivity index (χ1n) is 9.70. The van der Waals surface area contributed by atoms with E-state index in [0.29, 0.717) is 31.9 Å². The molecule has 7 nitrogen and oxygen atoms in total. The van der Waals surface area contributed by atoms with Crippen molar-refractivity contribution in [3.63, 3.8) is 0 Å². The summed E-state index contributed by atoms with van der Waals surface area (Å²) in [5, 5.41) is 4.48. The molecule has 1 saturated heterocycles. The average Bonchev–Trinajstić information content (AvgIpc) is 3.23. The van der Waals surface area contributed by atoms with Crippen molar-refractivity contribution < 1.29 is 18.7 Å². The quantitative estimate of drug-likeness (QED) is 0.622. The molecule has 1 aromatic heterocycles. The van der Waals surface area contributed by atoms with Gasteiger partial charge in [-0.05, 0) is 30.3 Å². The third-order valence-corrected chi connectivity index (χ3v) is 5.45. The topological polar surface area (TPSA) is 67.7 Å². The van der Waals surface area contributed by atoms with Crippen LogP contribution in [-0.2, 0) is 0 Å². The number of piperazine rings is 1. The lowest BCUT2D eigenvalue weighted by atomic mass is 10.1. The normalized spacial score (nSPS) is 13.9. The van der Waals surface area contributed by atoms with E-state index in [1.807, 2.05) is 30.3 Å². The summed E-state index contributed by atoms with van der Waals surface area (Å²) in [6.45, 7) is 1.34. The summed E-state index contributed by atoms with van der Waals surface area (Å²) in [4.78, 5) is 29.0. The number of halogens is 2. The molecule has 1 aliphatic heterocycles. The Bertz CT molecular complexity index is 1110. The van der Waals surface area contributed by atoms with Crippen molar-refractivity contribution in [2.75, 3.05) is 33.3 Å². The minimum Gasteiger partial charge on any atom is -0.493 e. The van der Waals surface area contributed by atoms with E-state index in [-0.39, 0.29) is 28.1 Å². The first-order valence-corrected chi connectivity index (χ1v) is 10.1. The summed E-state index contributed by atoms with van der Waals surface area (Å²) < 4.78 is 20.2. The van der Waals surface area contributed by atoms with Crippen LogP contribution in [0.15, 0.2) is 54.7 Å². The van der Waals surface area contributed by atoms with Crippen LogP contribution in [0.3, 0.4) is 0 Å². The van der Waals surface area contributed by atoms with Gasteiger partial charge in [-0.1, -0.05) is 29.8 Å².